The van der Waals surface area contributed by atoms with Gasteiger partial charge in [-0.3, -0.25) is 9.59 Å². The van der Waals surface area contributed by atoms with Crippen molar-refractivity contribution >= 4 is 11.9 Å². The fourth-order valence-electron chi connectivity index (χ4n) is 2.45. The topological polar surface area (TPSA) is 95.1 Å². The van der Waals surface area contributed by atoms with E-state index in [0.717, 1.165) is 44.3 Å². The molecule has 1 amide bonds. The summed E-state index contributed by atoms with van der Waals surface area (Å²) in [6.45, 7) is 4.75. The van der Waals surface area contributed by atoms with Gasteiger partial charge in [-0.05, 0) is 19.3 Å². The van der Waals surface area contributed by atoms with Crippen molar-refractivity contribution in [1.82, 2.24) is 15.3 Å². The van der Waals surface area contributed by atoms with E-state index in [1.165, 1.54) is 19.3 Å². The van der Waals surface area contributed by atoms with Crippen molar-refractivity contribution in [2.24, 2.45) is 0 Å². The summed E-state index contributed by atoms with van der Waals surface area (Å²) in [5.41, 5.74) is 0.989. The number of aromatic amines is 1. The molecule has 0 saturated carbocycles. The number of aryl methyl sites for hydroxylation is 1. The molecule has 0 spiro atoms. The van der Waals surface area contributed by atoms with Crippen LogP contribution in [0.3, 0.4) is 0 Å². The maximum atomic E-state index is 11.6. The smallest absolute Gasteiger partial charge is 0.303 e. The molecule has 0 aromatic carbocycles. The van der Waals surface area contributed by atoms with Crippen LogP contribution in [0.5, 0.6) is 0 Å². The van der Waals surface area contributed by atoms with E-state index < -0.39 is 5.97 Å². The van der Waals surface area contributed by atoms with Crippen LogP contribution in [0.2, 0.25) is 0 Å². The minimum atomic E-state index is -0.698. The highest BCUT2D eigenvalue weighted by Crippen LogP contribution is 2.09. The monoisotopic (exact) mass is 353 g/mol. The average Bonchev–Trinajstić information content (AvgIpc) is 3.13. The normalized spacial score (nSPS) is 10.0. The largest absolute Gasteiger partial charge is 0.481 e. The van der Waals surface area contributed by atoms with Gasteiger partial charge in [0.05, 0.1) is 6.33 Å². The predicted octanol–water partition coefficient (Wildman–Crippen LogP) is 4.08. The summed E-state index contributed by atoms with van der Waals surface area (Å²) in [4.78, 5) is 28.9. The molecule has 0 bridgehead atoms. The van der Waals surface area contributed by atoms with Crippen molar-refractivity contribution in [1.29, 1.82) is 0 Å². The molecular weight excluding hydrogens is 318 g/mol. The van der Waals surface area contributed by atoms with Gasteiger partial charge in [-0.25, -0.2) is 4.98 Å². The molecule has 0 aliphatic rings. The van der Waals surface area contributed by atoms with Crippen molar-refractivity contribution < 1.29 is 14.7 Å². The maximum Gasteiger partial charge on any atom is 0.303 e. The summed E-state index contributed by atoms with van der Waals surface area (Å²) in [6.07, 6.45) is 13.5. The summed E-state index contributed by atoms with van der Waals surface area (Å²) in [7, 11) is 0. The summed E-state index contributed by atoms with van der Waals surface area (Å²) in [6, 6.07) is 0. The molecule has 1 rings (SSSR count). The Morgan fingerprint density at radius 3 is 2.16 bits per heavy atom. The van der Waals surface area contributed by atoms with Gasteiger partial charge in [-0.15, -0.1) is 0 Å². The number of carboxylic acid groups (broad SMARTS) is 1. The Kier molecular flexibility index (Phi) is 15.7. The number of unbranched alkanes of at least 4 members (excludes halogenated alkanes) is 7. The van der Waals surface area contributed by atoms with Gasteiger partial charge in [0.2, 0.25) is 5.91 Å². The van der Waals surface area contributed by atoms with E-state index in [-0.39, 0.29) is 5.91 Å². The fraction of sp³-hybridized carbons (Fsp3) is 0.737. The molecule has 144 valence electrons. The Balaban J connectivity index is 0.00000277. The van der Waals surface area contributed by atoms with Crippen LogP contribution in [0, 0.1) is 0 Å². The van der Waals surface area contributed by atoms with E-state index >= 15 is 0 Å². The van der Waals surface area contributed by atoms with E-state index in [1.807, 2.05) is 13.8 Å². The second-order valence-corrected chi connectivity index (χ2v) is 5.90. The number of H-pyrrole nitrogens is 1. The molecular formula is C19H35N3O3. The lowest BCUT2D eigenvalue weighted by Gasteiger charge is -2.05. The molecule has 25 heavy (non-hydrogen) atoms. The number of carbonyl (C=O) groups is 2. The second-order valence-electron chi connectivity index (χ2n) is 5.90. The standard InChI is InChI=1S/C17H29N3O3.C2H6/c21-16(11-10-15-13-18-14-20-15)19-12-8-6-4-2-1-3-5-7-9-17(22)23;1-2/h13-14H,1-12H2,(H,18,20)(H,19,21)(H,22,23);1-2H3. The molecule has 0 radical (unpaired) electrons. The number of nitrogens with one attached hydrogen (secondary N) is 2. The van der Waals surface area contributed by atoms with Gasteiger partial charge in [0, 0.05) is 31.3 Å². The number of nitrogens with zero attached hydrogens (tertiary/aromatic N) is 1. The van der Waals surface area contributed by atoms with Crippen molar-refractivity contribution in [3.63, 3.8) is 0 Å². The highest BCUT2D eigenvalue weighted by atomic mass is 16.4. The van der Waals surface area contributed by atoms with Crippen LogP contribution < -0.4 is 5.32 Å². The van der Waals surface area contributed by atoms with Crippen molar-refractivity contribution in [2.45, 2.75) is 84.5 Å². The number of rotatable bonds is 14. The lowest BCUT2D eigenvalue weighted by atomic mass is 10.1. The van der Waals surface area contributed by atoms with Gasteiger partial charge in [-0.1, -0.05) is 52.4 Å². The van der Waals surface area contributed by atoms with Crippen molar-refractivity contribution in [3.05, 3.63) is 18.2 Å². The number of hydrogen-bond acceptors (Lipinski definition) is 3. The van der Waals surface area contributed by atoms with Crippen LogP contribution >= 0.6 is 0 Å². The lowest BCUT2D eigenvalue weighted by Crippen LogP contribution is -2.24. The second kappa shape index (κ2) is 17.0. The zero-order valence-corrected chi connectivity index (χ0v) is 15.9. The third kappa shape index (κ3) is 15.4. The molecule has 6 nitrogen and oxygen atoms in total. The van der Waals surface area contributed by atoms with Crippen LogP contribution in [0.15, 0.2) is 12.5 Å². The molecule has 0 aliphatic heterocycles. The number of carboxylic acids is 1. The Labute approximate surface area is 151 Å². The highest BCUT2D eigenvalue weighted by Gasteiger charge is 2.02. The van der Waals surface area contributed by atoms with Crippen molar-refractivity contribution in [3.8, 4) is 0 Å². The number of carbonyl (C=O) groups excluding carboxylic acids is 1. The van der Waals surface area contributed by atoms with E-state index in [1.54, 1.807) is 12.5 Å². The molecule has 0 saturated heterocycles. The third-order valence-corrected chi connectivity index (χ3v) is 3.82. The minimum absolute atomic E-state index is 0.0954. The zero-order valence-electron chi connectivity index (χ0n) is 15.9. The Morgan fingerprint density at radius 2 is 1.60 bits per heavy atom. The van der Waals surface area contributed by atoms with Crippen LogP contribution in [-0.4, -0.2) is 33.5 Å². The summed E-state index contributed by atoms with van der Waals surface area (Å²) in [5, 5.41) is 11.5. The summed E-state index contributed by atoms with van der Waals surface area (Å²) in [5.74, 6) is -0.602. The molecule has 0 unspecified atom stereocenters. The average molecular weight is 354 g/mol. The van der Waals surface area contributed by atoms with Gasteiger partial charge >= 0.3 is 5.97 Å². The molecule has 1 heterocycles. The quantitative estimate of drug-likeness (QED) is 0.439. The van der Waals surface area contributed by atoms with Crippen LogP contribution in [0.25, 0.3) is 0 Å². The van der Waals surface area contributed by atoms with Gasteiger partial charge in [0.15, 0.2) is 0 Å². The molecule has 3 N–H and O–H groups in total. The van der Waals surface area contributed by atoms with Gasteiger partial charge in [-0.2, -0.15) is 0 Å². The maximum absolute atomic E-state index is 11.6. The fourth-order valence-corrected chi connectivity index (χ4v) is 2.45. The zero-order chi connectivity index (χ0) is 18.8. The number of hydrogen-bond donors (Lipinski definition) is 3. The van der Waals surface area contributed by atoms with Crippen LogP contribution in [-0.2, 0) is 16.0 Å². The number of aliphatic carboxylic acids is 1. The molecule has 1 aromatic heterocycles. The Bertz CT molecular complexity index is 433. The van der Waals surface area contributed by atoms with Gasteiger partial charge in [0.25, 0.3) is 0 Å². The number of amides is 1. The molecule has 6 heteroatoms. The lowest BCUT2D eigenvalue weighted by molar-refractivity contribution is -0.137. The van der Waals surface area contributed by atoms with Crippen LogP contribution in [0.4, 0.5) is 0 Å². The minimum Gasteiger partial charge on any atom is -0.481 e. The first-order valence-electron chi connectivity index (χ1n) is 9.64. The molecule has 1 aromatic rings. The SMILES string of the molecule is CC.O=C(O)CCCCCCCCCCNC(=O)CCc1cnc[nH]1. The number of aromatic nitrogens is 2. The van der Waals surface area contributed by atoms with Gasteiger partial charge in [0.1, 0.15) is 0 Å². The first-order valence-corrected chi connectivity index (χ1v) is 9.64. The Morgan fingerprint density at radius 1 is 1.00 bits per heavy atom. The Hall–Kier alpha value is -1.85. The first-order chi connectivity index (χ1) is 12.2. The summed E-state index contributed by atoms with van der Waals surface area (Å²) < 4.78 is 0. The number of imidazole rings is 1. The molecule has 0 fully saturated rings. The molecule has 0 atom stereocenters. The van der Waals surface area contributed by atoms with E-state index in [4.69, 9.17) is 5.11 Å². The van der Waals surface area contributed by atoms with E-state index in [0.29, 0.717) is 19.3 Å². The van der Waals surface area contributed by atoms with E-state index in [9.17, 15) is 9.59 Å². The van der Waals surface area contributed by atoms with Gasteiger partial charge < -0.3 is 15.4 Å². The summed E-state index contributed by atoms with van der Waals surface area (Å²) >= 11 is 0. The van der Waals surface area contributed by atoms with E-state index in [2.05, 4.69) is 15.3 Å². The molecule has 0 aliphatic carbocycles. The highest BCUT2D eigenvalue weighted by molar-refractivity contribution is 5.76. The third-order valence-electron chi connectivity index (χ3n) is 3.82. The predicted molar refractivity (Wildman–Crippen MR) is 100 cm³/mol. The first kappa shape index (κ1) is 23.1. The van der Waals surface area contributed by atoms with Crippen LogP contribution in [0.1, 0.15) is 83.7 Å². The van der Waals surface area contributed by atoms with Crippen molar-refractivity contribution in [2.75, 3.05) is 6.54 Å².